The monoisotopic (exact) mass is 357 g/mol. The molecule has 0 aliphatic heterocycles. The number of nitrogens with two attached hydrogens (primary N) is 1. The molecule has 1 heterocycles. The Morgan fingerprint density at radius 1 is 1.50 bits per heavy atom. The number of benzene rings is 1. The summed E-state index contributed by atoms with van der Waals surface area (Å²) < 4.78 is 15.5. The topological polar surface area (TPSA) is 91.1 Å². The van der Waals surface area contributed by atoms with E-state index in [1.54, 1.807) is 19.2 Å². The van der Waals surface area contributed by atoms with Gasteiger partial charge in [0.15, 0.2) is 0 Å². The Labute approximate surface area is 153 Å². The first-order chi connectivity index (χ1) is 12.4. The third-order valence-electron chi connectivity index (χ3n) is 4.11. The Morgan fingerprint density at radius 2 is 2.23 bits per heavy atom. The molecule has 2 atom stereocenters. The second kappa shape index (κ2) is 8.61. The molecular weight excluding hydrogens is 333 g/mol. The number of rotatable bonds is 7. The van der Waals surface area contributed by atoms with Crippen molar-refractivity contribution in [3.8, 4) is 17.5 Å². The summed E-state index contributed by atoms with van der Waals surface area (Å²) in [6.45, 7) is 6.54. The van der Waals surface area contributed by atoms with Crippen LogP contribution in [-0.2, 0) is 6.54 Å². The molecule has 2 unspecified atom stereocenters. The van der Waals surface area contributed by atoms with E-state index in [0.717, 1.165) is 0 Å². The molecule has 7 heteroatoms. The lowest BCUT2D eigenvalue weighted by Gasteiger charge is -2.18. The van der Waals surface area contributed by atoms with Crippen molar-refractivity contribution >= 4 is 0 Å². The van der Waals surface area contributed by atoms with Crippen LogP contribution in [-0.4, -0.2) is 26.2 Å². The van der Waals surface area contributed by atoms with Crippen molar-refractivity contribution in [2.75, 3.05) is 6.54 Å². The van der Waals surface area contributed by atoms with Crippen molar-refractivity contribution in [3.63, 3.8) is 0 Å². The largest absolute Gasteiger partial charge is 0.389 e. The van der Waals surface area contributed by atoms with E-state index in [0.29, 0.717) is 35.7 Å². The van der Waals surface area contributed by atoms with Gasteiger partial charge in [0.05, 0.1) is 6.10 Å². The number of hydrazine groups is 1. The summed E-state index contributed by atoms with van der Waals surface area (Å²) in [5.41, 5.74) is 1.57. The fourth-order valence-corrected chi connectivity index (χ4v) is 2.78. The highest BCUT2D eigenvalue weighted by Crippen LogP contribution is 2.28. The van der Waals surface area contributed by atoms with Crippen LogP contribution in [0, 0.1) is 23.1 Å². The minimum atomic E-state index is -0.816. The molecule has 0 saturated heterocycles. The van der Waals surface area contributed by atoms with Gasteiger partial charge in [-0.1, -0.05) is 6.92 Å². The zero-order chi connectivity index (χ0) is 19.3. The second-order valence-corrected chi connectivity index (χ2v) is 6.24. The van der Waals surface area contributed by atoms with Crippen molar-refractivity contribution in [3.05, 3.63) is 53.7 Å². The minimum Gasteiger partial charge on any atom is -0.389 e. The first-order valence-electron chi connectivity index (χ1n) is 8.50. The number of allylic oxidation sites excluding steroid dienone is 2. The molecule has 0 aliphatic carbocycles. The number of nitrogens with zero attached hydrogens (tertiary/aromatic N) is 4. The third kappa shape index (κ3) is 4.48. The van der Waals surface area contributed by atoms with Crippen LogP contribution in [0.5, 0.6) is 0 Å². The lowest BCUT2D eigenvalue weighted by molar-refractivity contribution is 0.199. The Kier molecular flexibility index (Phi) is 6.50. The maximum atomic E-state index is 13.6. The molecule has 0 aliphatic rings. The van der Waals surface area contributed by atoms with Gasteiger partial charge in [-0.2, -0.15) is 5.26 Å². The van der Waals surface area contributed by atoms with Gasteiger partial charge in [0.25, 0.3) is 0 Å². The van der Waals surface area contributed by atoms with Crippen LogP contribution < -0.4 is 5.84 Å². The van der Waals surface area contributed by atoms with Crippen LogP contribution >= 0.6 is 0 Å². The maximum absolute atomic E-state index is 13.6. The summed E-state index contributed by atoms with van der Waals surface area (Å²) in [5, 5.41) is 20.6. The highest BCUT2D eigenvalue weighted by Gasteiger charge is 2.16. The summed E-state index contributed by atoms with van der Waals surface area (Å²) in [7, 11) is 0. The summed E-state index contributed by atoms with van der Waals surface area (Å²) in [5.74, 6) is 6.05. The molecule has 26 heavy (non-hydrogen) atoms. The van der Waals surface area contributed by atoms with E-state index < -0.39 is 11.9 Å². The predicted molar refractivity (Wildman–Crippen MR) is 97.7 cm³/mol. The number of hydrogen-bond donors (Lipinski definition) is 2. The van der Waals surface area contributed by atoms with Gasteiger partial charge in [-0.25, -0.2) is 15.2 Å². The number of hydrogen-bond acceptors (Lipinski definition) is 5. The predicted octanol–water partition coefficient (Wildman–Crippen LogP) is 2.98. The van der Waals surface area contributed by atoms with E-state index in [2.05, 4.69) is 11.1 Å². The SMILES string of the molecule is CCN(N)/C(C#N)=C\C(C)Cn1ccnc1-c1ccc(F)cc1C(C)O. The standard InChI is InChI=1S/C19H24FN5O/c1-4-25(22)16(11-21)9-13(2)12-24-8-7-23-19(24)17-6-5-15(20)10-18(17)14(3)26/h5-10,13-14,26H,4,12,22H2,1-3H3/b16-9-. The van der Waals surface area contributed by atoms with Crippen molar-refractivity contribution in [1.82, 2.24) is 14.6 Å². The molecule has 0 amide bonds. The Morgan fingerprint density at radius 3 is 2.85 bits per heavy atom. The van der Waals surface area contributed by atoms with E-state index in [4.69, 9.17) is 5.84 Å². The van der Waals surface area contributed by atoms with Gasteiger partial charge in [0.1, 0.15) is 23.4 Å². The molecule has 0 saturated carbocycles. The van der Waals surface area contributed by atoms with Crippen molar-refractivity contribution in [2.24, 2.45) is 11.8 Å². The molecule has 1 aromatic heterocycles. The van der Waals surface area contributed by atoms with Crippen LogP contribution in [0.2, 0.25) is 0 Å². The molecule has 1 aromatic carbocycles. The molecule has 0 spiro atoms. The fraction of sp³-hybridized carbons (Fsp3) is 0.368. The first kappa shape index (κ1) is 19.6. The Hall–Kier alpha value is -2.69. The van der Waals surface area contributed by atoms with Crippen LogP contribution in [0.15, 0.2) is 42.4 Å². The van der Waals surface area contributed by atoms with Gasteiger partial charge in [-0.05, 0) is 49.6 Å². The molecule has 0 radical (unpaired) electrons. The van der Waals surface area contributed by atoms with Gasteiger partial charge in [-0.3, -0.25) is 0 Å². The Bertz CT molecular complexity index is 822. The highest BCUT2D eigenvalue weighted by molar-refractivity contribution is 5.61. The first-order valence-corrected chi connectivity index (χ1v) is 8.50. The van der Waals surface area contributed by atoms with E-state index in [1.165, 1.54) is 17.1 Å². The molecule has 3 N–H and O–H groups in total. The minimum absolute atomic E-state index is 0.0191. The zero-order valence-corrected chi connectivity index (χ0v) is 15.2. The van der Waals surface area contributed by atoms with Crippen LogP contribution in [0.4, 0.5) is 4.39 Å². The number of aliphatic hydroxyl groups excluding tert-OH is 1. The maximum Gasteiger partial charge on any atom is 0.140 e. The normalized spacial score (nSPS) is 14.0. The average molecular weight is 357 g/mol. The van der Waals surface area contributed by atoms with E-state index in [-0.39, 0.29) is 5.92 Å². The van der Waals surface area contributed by atoms with Crippen molar-refractivity contribution in [1.29, 1.82) is 5.26 Å². The Balaban J connectivity index is 2.33. The number of aliphatic hydroxyl groups is 1. The number of nitriles is 1. The molecule has 2 rings (SSSR count). The van der Waals surface area contributed by atoms with E-state index in [1.807, 2.05) is 30.7 Å². The van der Waals surface area contributed by atoms with Gasteiger partial charge in [0.2, 0.25) is 0 Å². The molecule has 0 bridgehead atoms. The summed E-state index contributed by atoms with van der Waals surface area (Å²) in [6, 6.07) is 6.40. The lowest BCUT2D eigenvalue weighted by atomic mass is 10.0. The summed E-state index contributed by atoms with van der Waals surface area (Å²) in [6.07, 6.45) is 4.48. The number of aromatic nitrogens is 2. The van der Waals surface area contributed by atoms with E-state index >= 15 is 0 Å². The lowest BCUT2D eigenvalue weighted by Crippen LogP contribution is -2.29. The van der Waals surface area contributed by atoms with Crippen LogP contribution in [0.1, 0.15) is 32.4 Å². The van der Waals surface area contributed by atoms with E-state index in [9.17, 15) is 14.8 Å². The van der Waals surface area contributed by atoms with Gasteiger partial charge >= 0.3 is 0 Å². The highest BCUT2D eigenvalue weighted by atomic mass is 19.1. The average Bonchev–Trinajstić information content (AvgIpc) is 3.06. The molecule has 138 valence electrons. The van der Waals surface area contributed by atoms with Crippen molar-refractivity contribution < 1.29 is 9.50 Å². The van der Waals surface area contributed by atoms with Gasteiger partial charge < -0.3 is 14.7 Å². The van der Waals surface area contributed by atoms with Gasteiger partial charge in [-0.15, -0.1) is 0 Å². The van der Waals surface area contributed by atoms with Gasteiger partial charge in [0, 0.05) is 31.0 Å². The number of halogens is 1. The molecular formula is C19H24FN5O. The molecule has 2 aromatic rings. The van der Waals surface area contributed by atoms with Crippen LogP contribution in [0.3, 0.4) is 0 Å². The summed E-state index contributed by atoms with van der Waals surface area (Å²) >= 11 is 0. The zero-order valence-electron chi connectivity index (χ0n) is 15.2. The van der Waals surface area contributed by atoms with Crippen molar-refractivity contribution in [2.45, 2.75) is 33.4 Å². The number of imidazole rings is 1. The second-order valence-electron chi connectivity index (χ2n) is 6.24. The fourth-order valence-electron chi connectivity index (χ4n) is 2.78. The smallest absolute Gasteiger partial charge is 0.140 e. The molecule has 0 fully saturated rings. The summed E-state index contributed by atoms with van der Waals surface area (Å²) in [4.78, 5) is 4.37. The third-order valence-corrected chi connectivity index (χ3v) is 4.11. The quantitative estimate of drug-likeness (QED) is 0.452. The van der Waals surface area contributed by atoms with Crippen LogP contribution in [0.25, 0.3) is 11.4 Å². The molecule has 6 nitrogen and oxygen atoms in total.